The lowest BCUT2D eigenvalue weighted by atomic mass is 10.1. The van der Waals surface area contributed by atoms with Gasteiger partial charge < -0.3 is 20.1 Å². The van der Waals surface area contributed by atoms with Crippen LogP contribution in [0.5, 0.6) is 11.5 Å². The highest BCUT2D eigenvalue weighted by atomic mass is 32.1. The van der Waals surface area contributed by atoms with Crippen LogP contribution in [-0.4, -0.2) is 35.3 Å². The summed E-state index contributed by atoms with van der Waals surface area (Å²) in [5.41, 5.74) is 2.17. The Bertz CT molecular complexity index is 1080. The van der Waals surface area contributed by atoms with Gasteiger partial charge in [-0.05, 0) is 48.7 Å². The Morgan fingerprint density at radius 3 is 1.44 bits per heavy atom. The van der Waals surface area contributed by atoms with E-state index in [0.29, 0.717) is 22.9 Å². The topological polar surface area (TPSA) is 101 Å². The van der Waals surface area contributed by atoms with E-state index < -0.39 is 0 Å². The summed E-state index contributed by atoms with van der Waals surface area (Å²) >= 11 is 9.91. The predicted octanol–water partition coefficient (Wildman–Crippen LogP) is 1.83. The van der Waals surface area contributed by atoms with Crippen molar-refractivity contribution >= 4 is 58.6 Å². The first-order valence-electron chi connectivity index (χ1n) is 9.61. The van der Waals surface area contributed by atoms with Crippen molar-refractivity contribution in [1.82, 2.24) is 21.3 Å². The van der Waals surface area contributed by atoms with E-state index in [1.165, 1.54) is 0 Å². The van der Waals surface area contributed by atoms with E-state index in [0.717, 1.165) is 11.1 Å². The zero-order valence-electron chi connectivity index (χ0n) is 16.6. The minimum atomic E-state index is -0.287. The molecule has 0 spiro atoms. The van der Waals surface area contributed by atoms with Gasteiger partial charge in [0.2, 0.25) is 0 Å². The molecule has 162 valence electrons. The normalized spacial score (nSPS) is 17.8. The van der Waals surface area contributed by atoms with E-state index >= 15 is 0 Å². The van der Waals surface area contributed by atoms with Crippen LogP contribution in [-0.2, 0) is 9.59 Å². The van der Waals surface area contributed by atoms with E-state index in [2.05, 4.69) is 21.3 Å². The summed E-state index contributed by atoms with van der Waals surface area (Å²) in [4.78, 5) is 23.8. The minimum Gasteiger partial charge on any atom is -0.489 e. The first-order chi connectivity index (χ1) is 15.5. The van der Waals surface area contributed by atoms with Crippen LogP contribution in [0.15, 0.2) is 59.9 Å². The van der Waals surface area contributed by atoms with Crippen molar-refractivity contribution in [3.05, 3.63) is 71.1 Å². The van der Waals surface area contributed by atoms with E-state index in [9.17, 15) is 9.59 Å². The monoisotopic (exact) mass is 466 g/mol. The van der Waals surface area contributed by atoms with Crippen molar-refractivity contribution in [1.29, 1.82) is 0 Å². The lowest BCUT2D eigenvalue weighted by molar-refractivity contribution is -0.116. The molecule has 8 nitrogen and oxygen atoms in total. The fourth-order valence-corrected chi connectivity index (χ4v) is 3.45. The van der Waals surface area contributed by atoms with Crippen LogP contribution < -0.4 is 30.7 Å². The fourth-order valence-electron chi connectivity index (χ4n) is 3.04. The molecule has 4 N–H and O–H groups in total. The molecule has 0 atom stereocenters. The van der Waals surface area contributed by atoms with Crippen LogP contribution in [0.4, 0.5) is 0 Å². The molecule has 2 aliphatic rings. The standard InChI is InChI=1S/C22H18N4O4S2/c27-19-15(23-21(31)25-19)11-13-5-1-3-7-17(13)29-9-10-30-18-8-4-2-6-14(18)12-16-20(28)26-22(32)24-16/h1-8,11-12H,9-10H2,(H2,23,25,27,31)(H2,24,26,28,32)/b15-11-,16-12-. The number of hydrogen-bond donors (Lipinski definition) is 4. The molecule has 2 aromatic rings. The Hall–Kier alpha value is -3.76. The molecular formula is C22H18N4O4S2. The molecule has 2 aliphatic heterocycles. The first kappa shape index (κ1) is 21.5. The number of benzene rings is 2. The number of carbonyl (C=O) groups is 2. The highest BCUT2D eigenvalue weighted by Crippen LogP contribution is 2.23. The van der Waals surface area contributed by atoms with Crippen LogP contribution in [0.1, 0.15) is 11.1 Å². The predicted molar refractivity (Wildman–Crippen MR) is 128 cm³/mol. The third-order valence-corrected chi connectivity index (χ3v) is 4.88. The summed E-state index contributed by atoms with van der Waals surface area (Å²) in [6, 6.07) is 14.7. The van der Waals surface area contributed by atoms with Gasteiger partial charge in [0, 0.05) is 11.1 Å². The Morgan fingerprint density at radius 1 is 0.656 bits per heavy atom. The molecule has 10 heteroatoms. The summed E-state index contributed by atoms with van der Waals surface area (Å²) in [5, 5.41) is 11.2. The third-order valence-electron chi connectivity index (χ3n) is 4.48. The Morgan fingerprint density at radius 2 is 1.06 bits per heavy atom. The van der Waals surface area contributed by atoms with Gasteiger partial charge in [-0.2, -0.15) is 0 Å². The highest BCUT2D eigenvalue weighted by molar-refractivity contribution is 7.80. The van der Waals surface area contributed by atoms with Crippen molar-refractivity contribution in [3.8, 4) is 11.5 Å². The second-order valence-electron chi connectivity index (χ2n) is 6.71. The van der Waals surface area contributed by atoms with Gasteiger partial charge in [0.15, 0.2) is 10.2 Å². The number of hydrogen-bond acceptors (Lipinski definition) is 6. The van der Waals surface area contributed by atoms with E-state index in [4.69, 9.17) is 33.9 Å². The van der Waals surface area contributed by atoms with E-state index in [-0.39, 0.29) is 35.3 Å². The van der Waals surface area contributed by atoms with Crippen LogP contribution in [0, 0.1) is 0 Å². The largest absolute Gasteiger partial charge is 0.489 e. The number of nitrogens with one attached hydrogen (secondary N) is 4. The molecule has 2 aromatic carbocycles. The average Bonchev–Trinajstić information content (AvgIpc) is 3.26. The quantitative estimate of drug-likeness (QED) is 0.279. The average molecular weight is 467 g/mol. The molecule has 2 heterocycles. The van der Waals surface area contributed by atoms with Crippen LogP contribution in [0.3, 0.4) is 0 Å². The maximum Gasteiger partial charge on any atom is 0.273 e. The lowest BCUT2D eigenvalue weighted by Gasteiger charge is -2.12. The highest BCUT2D eigenvalue weighted by Gasteiger charge is 2.21. The van der Waals surface area contributed by atoms with Crippen molar-refractivity contribution in [3.63, 3.8) is 0 Å². The van der Waals surface area contributed by atoms with Gasteiger partial charge in [0.1, 0.15) is 36.1 Å². The molecule has 2 fully saturated rings. The van der Waals surface area contributed by atoms with Crippen LogP contribution in [0.25, 0.3) is 12.2 Å². The second-order valence-corrected chi connectivity index (χ2v) is 7.52. The fraction of sp³-hybridized carbons (Fsp3) is 0.0909. The van der Waals surface area contributed by atoms with Crippen molar-refractivity contribution in [2.24, 2.45) is 0 Å². The molecule has 2 amide bonds. The van der Waals surface area contributed by atoms with Crippen LogP contribution in [0.2, 0.25) is 0 Å². The van der Waals surface area contributed by atoms with Gasteiger partial charge in [0.25, 0.3) is 11.8 Å². The molecule has 0 unspecified atom stereocenters. The number of para-hydroxylation sites is 2. The SMILES string of the molecule is O=C1NC(=S)N/C1=C\c1ccccc1OCCOc1ccccc1/C=C1\NC(=S)NC1=O. The van der Waals surface area contributed by atoms with Gasteiger partial charge in [-0.25, -0.2) is 0 Å². The Balaban J connectivity index is 1.39. The molecular weight excluding hydrogens is 448 g/mol. The zero-order chi connectivity index (χ0) is 22.5. The second kappa shape index (κ2) is 9.58. The molecule has 2 saturated heterocycles. The van der Waals surface area contributed by atoms with Gasteiger partial charge in [0.05, 0.1) is 0 Å². The molecule has 32 heavy (non-hydrogen) atoms. The minimum absolute atomic E-state index is 0.270. The van der Waals surface area contributed by atoms with E-state index in [1.807, 2.05) is 48.5 Å². The number of thiocarbonyl (C=S) groups is 2. The van der Waals surface area contributed by atoms with Crippen molar-refractivity contribution < 1.29 is 19.1 Å². The summed E-state index contributed by atoms with van der Waals surface area (Å²) in [5.74, 6) is 0.633. The summed E-state index contributed by atoms with van der Waals surface area (Å²) in [7, 11) is 0. The first-order valence-corrected chi connectivity index (χ1v) is 10.4. The third kappa shape index (κ3) is 5.10. The Labute approximate surface area is 194 Å². The zero-order valence-corrected chi connectivity index (χ0v) is 18.3. The van der Waals surface area contributed by atoms with Crippen LogP contribution >= 0.6 is 24.4 Å². The Kier molecular flexibility index (Phi) is 6.43. The molecule has 0 aromatic heterocycles. The summed E-state index contributed by atoms with van der Waals surface area (Å²) in [6.45, 7) is 0.540. The summed E-state index contributed by atoms with van der Waals surface area (Å²) < 4.78 is 11.7. The van der Waals surface area contributed by atoms with Gasteiger partial charge >= 0.3 is 0 Å². The summed E-state index contributed by atoms with van der Waals surface area (Å²) in [6.07, 6.45) is 3.35. The lowest BCUT2D eigenvalue weighted by Crippen LogP contribution is -2.21. The number of rotatable bonds is 7. The van der Waals surface area contributed by atoms with Gasteiger partial charge in [-0.15, -0.1) is 0 Å². The van der Waals surface area contributed by atoms with Crippen molar-refractivity contribution in [2.45, 2.75) is 0 Å². The molecule has 0 aliphatic carbocycles. The van der Waals surface area contributed by atoms with Crippen molar-refractivity contribution in [2.75, 3.05) is 13.2 Å². The molecule has 0 saturated carbocycles. The molecule has 0 radical (unpaired) electrons. The maximum absolute atomic E-state index is 11.9. The van der Waals surface area contributed by atoms with Gasteiger partial charge in [-0.3, -0.25) is 20.2 Å². The van der Waals surface area contributed by atoms with E-state index in [1.54, 1.807) is 12.2 Å². The molecule has 0 bridgehead atoms. The number of amides is 2. The number of carbonyl (C=O) groups excluding carboxylic acids is 2. The maximum atomic E-state index is 11.9. The van der Waals surface area contributed by atoms with Gasteiger partial charge in [-0.1, -0.05) is 36.4 Å². The smallest absolute Gasteiger partial charge is 0.273 e. The molecule has 4 rings (SSSR count). The number of ether oxygens (including phenoxy) is 2.